The summed E-state index contributed by atoms with van der Waals surface area (Å²) in [6, 6.07) is 0. The van der Waals surface area contributed by atoms with Crippen LogP contribution in [0.1, 0.15) is 0 Å². The molecule has 64 valence electrons. The molecule has 5 heteroatoms. The first-order valence-electron chi connectivity index (χ1n) is 3.59. The molecular weight excluding hydrogens is 147 g/mol. The highest BCUT2D eigenvalue weighted by Crippen LogP contribution is 2.11. The second-order valence-electron chi connectivity index (χ2n) is 2.44. The average Bonchev–Trinajstić information content (AvgIpc) is 2.39. The third kappa shape index (κ3) is 2.45. The van der Waals surface area contributed by atoms with E-state index in [0.717, 1.165) is 0 Å². The van der Waals surface area contributed by atoms with E-state index in [-0.39, 0.29) is 12.2 Å². The van der Waals surface area contributed by atoms with Crippen LogP contribution in [0.15, 0.2) is 0 Å². The van der Waals surface area contributed by atoms with Crippen molar-refractivity contribution in [1.82, 2.24) is 0 Å². The molecule has 0 aromatic heterocycles. The minimum Gasteiger partial charge on any atom is -0.406 e. The van der Waals surface area contributed by atoms with Crippen LogP contribution in [0, 0.1) is 0 Å². The molecule has 0 aliphatic carbocycles. The van der Waals surface area contributed by atoms with Crippen LogP contribution in [0.5, 0.6) is 0 Å². The molecule has 0 aromatic carbocycles. The van der Waals surface area contributed by atoms with Crippen LogP contribution in [0.4, 0.5) is 0 Å². The maximum absolute atomic E-state index is 5.23. The minimum atomic E-state index is 0.0277. The number of hydrogen-bond donors (Lipinski definition) is 0. The Morgan fingerprint density at radius 1 is 1.09 bits per heavy atom. The van der Waals surface area contributed by atoms with Crippen molar-refractivity contribution in [2.75, 3.05) is 27.4 Å². The summed E-state index contributed by atoms with van der Waals surface area (Å²) in [7, 11) is 3.64. The van der Waals surface area contributed by atoms with Gasteiger partial charge in [0.15, 0.2) is 0 Å². The van der Waals surface area contributed by atoms with E-state index in [1.54, 1.807) is 14.2 Å². The average molecular weight is 160 g/mol. The van der Waals surface area contributed by atoms with Gasteiger partial charge in [-0.25, -0.2) is 0 Å². The van der Waals surface area contributed by atoms with Crippen LogP contribution in [0.2, 0.25) is 0 Å². The summed E-state index contributed by atoms with van der Waals surface area (Å²) in [6.07, 6.45) is 0.0555. The highest BCUT2D eigenvalue weighted by atomic mass is 16.7. The van der Waals surface area contributed by atoms with Crippen LogP contribution >= 0.6 is 0 Å². The molecule has 0 amide bonds. The largest absolute Gasteiger partial charge is 0.438 e. The van der Waals surface area contributed by atoms with Crippen LogP contribution < -0.4 is 0 Å². The summed E-state index contributed by atoms with van der Waals surface area (Å²) >= 11 is 0. The van der Waals surface area contributed by atoms with Crippen LogP contribution in [0.3, 0.4) is 0 Å². The molecule has 1 heterocycles. The summed E-state index contributed by atoms with van der Waals surface area (Å²) in [4.78, 5) is 0. The molecule has 0 saturated carbocycles. The fraction of sp³-hybridized carbons (Fsp3) is 1.00. The minimum absolute atomic E-state index is 0.0277. The van der Waals surface area contributed by atoms with Crippen molar-refractivity contribution in [3.05, 3.63) is 0 Å². The second kappa shape index (κ2) is 4.72. The van der Waals surface area contributed by atoms with Gasteiger partial charge in [0.05, 0.1) is 25.4 Å². The van der Waals surface area contributed by atoms with Crippen LogP contribution in [-0.2, 0) is 18.8 Å². The SMILES string of the molecule is COC[C@H]1OBO[C@@H]1COC. The predicted molar refractivity (Wildman–Crippen MR) is 40.6 cm³/mol. The van der Waals surface area contributed by atoms with Gasteiger partial charge in [-0.15, -0.1) is 0 Å². The maximum atomic E-state index is 5.23. The molecule has 1 aliphatic heterocycles. The number of rotatable bonds is 4. The van der Waals surface area contributed by atoms with E-state index < -0.39 is 0 Å². The first-order valence-corrected chi connectivity index (χ1v) is 3.59. The van der Waals surface area contributed by atoms with Crippen molar-refractivity contribution in [2.24, 2.45) is 0 Å². The Hall–Kier alpha value is -0.0951. The van der Waals surface area contributed by atoms with E-state index in [1.165, 1.54) is 0 Å². The summed E-state index contributed by atoms with van der Waals surface area (Å²) in [5.41, 5.74) is 0. The van der Waals surface area contributed by atoms with E-state index in [0.29, 0.717) is 20.9 Å². The molecule has 0 aromatic rings. The van der Waals surface area contributed by atoms with E-state index in [2.05, 4.69) is 0 Å². The van der Waals surface area contributed by atoms with Gasteiger partial charge < -0.3 is 18.8 Å². The van der Waals surface area contributed by atoms with Crippen molar-refractivity contribution in [2.45, 2.75) is 12.2 Å². The van der Waals surface area contributed by atoms with Crippen molar-refractivity contribution in [1.29, 1.82) is 0 Å². The molecule has 1 saturated heterocycles. The van der Waals surface area contributed by atoms with E-state index >= 15 is 0 Å². The lowest BCUT2D eigenvalue weighted by atomic mass is 10.2. The molecular formula is C6H13BO4. The van der Waals surface area contributed by atoms with E-state index in [4.69, 9.17) is 18.8 Å². The first-order chi connectivity index (χ1) is 5.38. The van der Waals surface area contributed by atoms with Crippen LogP contribution in [-0.4, -0.2) is 47.3 Å². The van der Waals surface area contributed by atoms with Crippen molar-refractivity contribution < 1.29 is 18.8 Å². The van der Waals surface area contributed by atoms with E-state index in [1.807, 2.05) is 0 Å². The molecule has 11 heavy (non-hydrogen) atoms. The second-order valence-corrected chi connectivity index (χ2v) is 2.44. The molecule has 1 rings (SSSR count). The molecule has 1 aliphatic rings. The van der Waals surface area contributed by atoms with Crippen molar-refractivity contribution in [3.8, 4) is 0 Å². The Kier molecular flexibility index (Phi) is 3.86. The van der Waals surface area contributed by atoms with Gasteiger partial charge in [-0.3, -0.25) is 0 Å². The first kappa shape index (κ1) is 9.00. The van der Waals surface area contributed by atoms with Crippen molar-refractivity contribution >= 4 is 7.69 Å². The fourth-order valence-corrected chi connectivity index (χ4v) is 1.07. The zero-order valence-electron chi connectivity index (χ0n) is 6.91. The molecule has 0 N–H and O–H groups in total. The van der Waals surface area contributed by atoms with Gasteiger partial charge in [-0.2, -0.15) is 0 Å². The summed E-state index contributed by atoms with van der Waals surface area (Å²) in [5, 5.41) is 0. The van der Waals surface area contributed by atoms with E-state index in [9.17, 15) is 0 Å². The maximum Gasteiger partial charge on any atom is 0.438 e. The molecule has 1 fully saturated rings. The number of methoxy groups -OCH3 is 2. The Labute approximate surface area is 67.1 Å². The van der Waals surface area contributed by atoms with Gasteiger partial charge in [-0.1, -0.05) is 0 Å². The summed E-state index contributed by atoms with van der Waals surface area (Å²) < 4.78 is 20.3. The molecule has 0 bridgehead atoms. The zero-order valence-corrected chi connectivity index (χ0v) is 6.91. The quantitative estimate of drug-likeness (QED) is 0.511. The normalized spacial score (nSPS) is 30.4. The lowest BCUT2D eigenvalue weighted by Crippen LogP contribution is -2.30. The Bertz CT molecular complexity index is 98.8. The molecule has 0 radical (unpaired) electrons. The van der Waals surface area contributed by atoms with Gasteiger partial charge >= 0.3 is 7.69 Å². The predicted octanol–water partition coefficient (Wildman–Crippen LogP) is -0.670. The third-order valence-corrected chi connectivity index (χ3v) is 1.64. The van der Waals surface area contributed by atoms with Gasteiger partial charge in [0.1, 0.15) is 0 Å². The van der Waals surface area contributed by atoms with Gasteiger partial charge in [-0.05, 0) is 0 Å². The third-order valence-electron chi connectivity index (χ3n) is 1.64. The smallest absolute Gasteiger partial charge is 0.406 e. The lowest BCUT2D eigenvalue weighted by molar-refractivity contribution is 0.0219. The Balaban J connectivity index is 2.25. The Morgan fingerprint density at radius 3 is 1.91 bits per heavy atom. The lowest BCUT2D eigenvalue weighted by Gasteiger charge is -2.16. The number of hydrogen-bond acceptors (Lipinski definition) is 4. The highest BCUT2D eigenvalue weighted by molar-refractivity contribution is 6.19. The topological polar surface area (TPSA) is 36.9 Å². The molecule has 0 unspecified atom stereocenters. The molecule has 2 atom stereocenters. The molecule has 4 nitrogen and oxygen atoms in total. The van der Waals surface area contributed by atoms with Crippen molar-refractivity contribution in [3.63, 3.8) is 0 Å². The molecule has 0 spiro atoms. The Morgan fingerprint density at radius 2 is 1.55 bits per heavy atom. The zero-order chi connectivity index (χ0) is 8.10. The van der Waals surface area contributed by atoms with Gasteiger partial charge in [0.2, 0.25) is 0 Å². The van der Waals surface area contributed by atoms with Crippen LogP contribution in [0.25, 0.3) is 0 Å². The summed E-state index contributed by atoms with van der Waals surface area (Å²) in [6.45, 7) is 1.13. The fourth-order valence-electron chi connectivity index (χ4n) is 1.07. The van der Waals surface area contributed by atoms with Gasteiger partial charge in [0.25, 0.3) is 0 Å². The van der Waals surface area contributed by atoms with Gasteiger partial charge in [0, 0.05) is 14.2 Å². The monoisotopic (exact) mass is 160 g/mol. The highest BCUT2D eigenvalue weighted by Gasteiger charge is 2.29. The number of ether oxygens (including phenoxy) is 2. The summed E-state index contributed by atoms with van der Waals surface area (Å²) in [5.74, 6) is 0. The standard InChI is InChI=1S/C6H13BO4/c1-8-3-5-6(4-9-2)11-7-10-5/h5-7H,3-4H2,1-2H3/t5-,6-/m1/s1.